The summed E-state index contributed by atoms with van der Waals surface area (Å²) < 4.78 is 5.51. The van der Waals surface area contributed by atoms with Crippen molar-refractivity contribution in [1.29, 1.82) is 0 Å². The molecule has 2 aliphatic rings. The zero-order chi connectivity index (χ0) is 21.5. The van der Waals surface area contributed by atoms with Gasteiger partial charge in [-0.3, -0.25) is 9.69 Å². The van der Waals surface area contributed by atoms with E-state index in [1.165, 1.54) is 12.0 Å². The van der Waals surface area contributed by atoms with Crippen molar-refractivity contribution in [3.8, 4) is 5.75 Å². The van der Waals surface area contributed by atoms with E-state index in [1.54, 1.807) is 13.3 Å². The Hall–Kier alpha value is -2.60. The van der Waals surface area contributed by atoms with Crippen molar-refractivity contribution in [3.63, 3.8) is 0 Å². The molecule has 1 saturated carbocycles. The van der Waals surface area contributed by atoms with Gasteiger partial charge in [0.1, 0.15) is 11.6 Å². The van der Waals surface area contributed by atoms with Crippen LogP contribution in [0.3, 0.4) is 0 Å². The van der Waals surface area contributed by atoms with E-state index in [4.69, 9.17) is 4.74 Å². The lowest BCUT2D eigenvalue weighted by atomic mass is 9.88. The molecule has 0 spiro atoms. The fourth-order valence-corrected chi connectivity index (χ4v) is 4.69. The van der Waals surface area contributed by atoms with Gasteiger partial charge in [0.15, 0.2) is 0 Å². The second kappa shape index (κ2) is 10.6. The molecule has 31 heavy (non-hydrogen) atoms. The third-order valence-corrected chi connectivity index (χ3v) is 6.49. The van der Waals surface area contributed by atoms with Crippen LogP contribution in [0.4, 0.5) is 11.5 Å². The number of benzene rings is 1. The summed E-state index contributed by atoms with van der Waals surface area (Å²) >= 11 is 0. The largest absolute Gasteiger partial charge is 0.496 e. The fourth-order valence-electron chi connectivity index (χ4n) is 4.69. The zero-order valence-corrected chi connectivity index (χ0v) is 18.6. The number of carbonyl (C=O) groups is 1. The Balaban J connectivity index is 1.31. The highest BCUT2D eigenvalue weighted by Gasteiger charge is 2.21. The summed E-state index contributed by atoms with van der Waals surface area (Å²) in [5.41, 5.74) is 2.03. The maximum absolute atomic E-state index is 12.5. The second-order valence-corrected chi connectivity index (χ2v) is 8.66. The van der Waals surface area contributed by atoms with Gasteiger partial charge in [0.2, 0.25) is 5.91 Å². The minimum atomic E-state index is 0.149. The van der Waals surface area contributed by atoms with Crippen molar-refractivity contribution >= 4 is 17.4 Å². The number of nitrogens with zero attached hydrogens (tertiary/aromatic N) is 3. The highest BCUT2D eigenvalue weighted by atomic mass is 16.5. The molecule has 0 unspecified atom stereocenters. The summed E-state index contributed by atoms with van der Waals surface area (Å²) in [6, 6.07) is 12.3. The number of amides is 1. The number of anilines is 2. The predicted octanol–water partition coefficient (Wildman–Crippen LogP) is 4.32. The molecule has 0 radical (unpaired) electrons. The number of rotatable bonds is 6. The standard InChI is InChI=1S/C25H34N4O2/c1-31-23-11-6-5-10-21(23)19-28-14-7-15-29(17-16-28)24-13-12-22(18-26-24)27-25(30)20-8-3-2-4-9-20/h5-6,10-13,18,20H,2-4,7-9,14-17,19H2,1H3,(H,27,30). The van der Waals surface area contributed by atoms with E-state index in [0.29, 0.717) is 0 Å². The monoisotopic (exact) mass is 422 g/mol. The first-order chi connectivity index (χ1) is 15.2. The topological polar surface area (TPSA) is 57.7 Å². The lowest BCUT2D eigenvalue weighted by molar-refractivity contribution is -0.120. The Kier molecular flexibility index (Phi) is 7.41. The number of nitrogens with one attached hydrogen (secondary N) is 1. The predicted molar refractivity (Wildman–Crippen MR) is 125 cm³/mol. The third kappa shape index (κ3) is 5.76. The van der Waals surface area contributed by atoms with Crippen LogP contribution in [-0.2, 0) is 11.3 Å². The molecule has 1 aromatic heterocycles. The van der Waals surface area contributed by atoms with Gasteiger partial charge in [0.25, 0.3) is 0 Å². The summed E-state index contributed by atoms with van der Waals surface area (Å²) in [4.78, 5) is 21.9. The number of methoxy groups -OCH3 is 1. The summed E-state index contributed by atoms with van der Waals surface area (Å²) in [6.45, 7) is 4.88. The lowest BCUT2D eigenvalue weighted by Crippen LogP contribution is -2.31. The van der Waals surface area contributed by atoms with Gasteiger partial charge in [-0.25, -0.2) is 4.98 Å². The Labute approximate surface area is 185 Å². The lowest BCUT2D eigenvalue weighted by Gasteiger charge is -2.24. The summed E-state index contributed by atoms with van der Waals surface area (Å²) in [6.07, 6.45) is 8.50. The van der Waals surface area contributed by atoms with Crippen molar-refractivity contribution in [1.82, 2.24) is 9.88 Å². The normalized spacial score (nSPS) is 18.4. The van der Waals surface area contributed by atoms with Crippen LogP contribution >= 0.6 is 0 Å². The van der Waals surface area contributed by atoms with Gasteiger partial charge < -0.3 is 15.0 Å². The Morgan fingerprint density at radius 3 is 2.65 bits per heavy atom. The molecule has 4 rings (SSSR count). The first-order valence-corrected chi connectivity index (χ1v) is 11.6. The molecule has 2 heterocycles. The summed E-state index contributed by atoms with van der Waals surface area (Å²) in [5.74, 6) is 2.25. The summed E-state index contributed by atoms with van der Waals surface area (Å²) in [7, 11) is 1.73. The van der Waals surface area contributed by atoms with Gasteiger partial charge in [-0.1, -0.05) is 37.5 Å². The van der Waals surface area contributed by atoms with Crippen molar-refractivity contribution in [2.24, 2.45) is 5.92 Å². The fraction of sp³-hybridized carbons (Fsp3) is 0.520. The Morgan fingerprint density at radius 2 is 1.87 bits per heavy atom. The van der Waals surface area contributed by atoms with Crippen LogP contribution in [0.25, 0.3) is 0 Å². The van der Waals surface area contributed by atoms with Crippen LogP contribution in [0.2, 0.25) is 0 Å². The Morgan fingerprint density at radius 1 is 1.03 bits per heavy atom. The molecule has 2 fully saturated rings. The smallest absolute Gasteiger partial charge is 0.227 e. The van der Waals surface area contributed by atoms with E-state index < -0.39 is 0 Å². The molecule has 1 aliphatic heterocycles. The highest BCUT2D eigenvalue weighted by Crippen LogP contribution is 2.25. The average Bonchev–Trinajstić information content (AvgIpc) is 3.06. The van der Waals surface area contributed by atoms with Gasteiger partial charge in [0.05, 0.1) is 19.0 Å². The van der Waals surface area contributed by atoms with Gasteiger partial charge in [-0.15, -0.1) is 0 Å². The number of hydrogen-bond acceptors (Lipinski definition) is 5. The number of pyridine rings is 1. The Bertz CT molecular complexity index is 849. The molecule has 2 aromatic rings. The van der Waals surface area contributed by atoms with E-state index in [1.807, 2.05) is 24.3 Å². The van der Waals surface area contributed by atoms with E-state index in [9.17, 15) is 4.79 Å². The first-order valence-electron chi connectivity index (χ1n) is 11.6. The minimum Gasteiger partial charge on any atom is -0.496 e. The number of para-hydroxylation sites is 1. The van der Waals surface area contributed by atoms with Crippen LogP contribution in [-0.4, -0.2) is 49.1 Å². The minimum absolute atomic E-state index is 0.149. The van der Waals surface area contributed by atoms with Crippen LogP contribution in [0.15, 0.2) is 42.6 Å². The van der Waals surface area contributed by atoms with Crippen molar-refractivity contribution in [2.45, 2.75) is 45.1 Å². The molecule has 0 atom stereocenters. The van der Waals surface area contributed by atoms with Crippen molar-refractivity contribution < 1.29 is 9.53 Å². The average molecular weight is 423 g/mol. The third-order valence-electron chi connectivity index (χ3n) is 6.49. The second-order valence-electron chi connectivity index (χ2n) is 8.66. The maximum Gasteiger partial charge on any atom is 0.227 e. The molecular weight excluding hydrogens is 388 g/mol. The molecule has 1 saturated heterocycles. The molecule has 1 N–H and O–H groups in total. The van der Waals surface area contributed by atoms with Crippen molar-refractivity contribution in [3.05, 3.63) is 48.2 Å². The van der Waals surface area contributed by atoms with Gasteiger partial charge >= 0.3 is 0 Å². The van der Waals surface area contributed by atoms with E-state index in [-0.39, 0.29) is 11.8 Å². The van der Waals surface area contributed by atoms with Crippen LogP contribution in [0.5, 0.6) is 5.75 Å². The number of carbonyl (C=O) groups excluding carboxylic acids is 1. The number of aromatic nitrogens is 1. The van der Waals surface area contributed by atoms with Crippen LogP contribution < -0.4 is 15.0 Å². The molecule has 1 amide bonds. The van der Waals surface area contributed by atoms with Crippen LogP contribution in [0.1, 0.15) is 44.1 Å². The molecule has 166 valence electrons. The maximum atomic E-state index is 12.5. The molecule has 6 heteroatoms. The quantitative estimate of drug-likeness (QED) is 0.751. The van der Waals surface area contributed by atoms with E-state index in [2.05, 4.69) is 32.2 Å². The highest BCUT2D eigenvalue weighted by molar-refractivity contribution is 5.92. The van der Waals surface area contributed by atoms with Crippen molar-refractivity contribution in [2.75, 3.05) is 43.5 Å². The molecule has 1 aliphatic carbocycles. The van der Waals surface area contributed by atoms with Gasteiger partial charge in [-0.05, 0) is 37.5 Å². The summed E-state index contributed by atoms with van der Waals surface area (Å²) in [5, 5.41) is 3.06. The number of ether oxygens (including phenoxy) is 1. The van der Waals surface area contributed by atoms with Gasteiger partial charge in [-0.2, -0.15) is 0 Å². The molecular formula is C25H34N4O2. The molecule has 1 aromatic carbocycles. The molecule has 6 nitrogen and oxygen atoms in total. The van der Waals surface area contributed by atoms with Gasteiger partial charge in [0, 0.05) is 44.2 Å². The molecule has 0 bridgehead atoms. The van der Waals surface area contributed by atoms with E-state index >= 15 is 0 Å². The number of hydrogen-bond donors (Lipinski definition) is 1. The zero-order valence-electron chi connectivity index (χ0n) is 18.6. The SMILES string of the molecule is COc1ccccc1CN1CCCN(c2ccc(NC(=O)C3CCCCC3)cn2)CC1. The van der Waals surface area contributed by atoms with E-state index in [0.717, 1.165) is 82.1 Å². The first kappa shape index (κ1) is 21.6. The van der Waals surface area contributed by atoms with Crippen LogP contribution in [0, 0.1) is 5.92 Å².